The van der Waals surface area contributed by atoms with E-state index < -0.39 is 0 Å². The fourth-order valence-corrected chi connectivity index (χ4v) is 3.36. The lowest BCUT2D eigenvalue weighted by Crippen LogP contribution is -2.34. The highest BCUT2D eigenvalue weighted by Crippen LogP contribution is 2.27. The minimum atomic E-state index is -0.264. The van der Waals surface area contributed by atoms with Gasteiger partial charge in [0.15, 0.2) is 0 Å². The third-order valence-electron chi connectivity index (χ3n) is 4.69. The highest BCUT2D eigenvalue weighted by atomic mass is 35.5. The van der Waals surface area contributed by atoms with Gasteiger partial charge in [0.1, 0.15) is 0 Å². The van der Waals surface area contributed by atoms with Crippen molar-refractivity contribution in [1.29, 1.82) is 0 Å². The maximum absolute atomic E-state index is 12.8. The normalized spacial score (nSPS) is 18.5. The van der Waals surface area contributed by atoms with Crippen LogP contribution in [0.2, 0.25) is 0 Å². The number of halogens is 1. The minimum Gasteiger partial charge on any atom is -0.336 e. The van der Waals surface area contributed by atoms with Gasteiger partial charge in [-0.15, -0.1) is 12.4 Å². The van der Waals surface area contributed by atoms with Gasteiger partial charge in [0.2, 0.25) is 0 Å². The molecule has 2 aromatic carbocycles. The number of hydrogen-bond donors (Lipinski definition) is 3. The van der Waals surface area contributed by atoms with Crippen molar-refractivity contribution in [2.45, 2.75) is 31.8 Å². The van der Waals surface area contributed by atoms with Crippen LogP contribution in [-0.4, -0.2) is 42.0 Å². The van der Waals surface area contributed by atoms with Gasteiger partial charge in [-0.2, -0.15) is 0 Å². The molecule has 0 unspecified atom stereocenters. The summed E-state index contributed by atoms with van der Waals surface area (Å²) in [6, 6.07) is 16.7. The van der Waals surface area contributed by atoms with E-state index in [-0.39, 0.29) is 42.3 Å². The molecule has 0 saturated carbocycles. The van der Waals surface area contributed by atoms with Gasteiger partial charge >= 0.3 is 6.03 Å². The van der Waals surface area contributed by atoms with Gasteiger partial charge in [0.05, 0.1) is 0 Å². The van der Waals surface area contributed by atoms with Crippen molar-refractivity contribution >= 4 is 30.0 Å². The van der Waals surface area contributed by atoms with Crippen molar-refractivity contribution in [3.63, 3.8) is 0 Å². The number of likely N-dealkylation sites (tertiary alicyclic amines) is 1. The van der Waals surface area contributed by atoms with Crippen LogP contribution in [0.5, 0.6) is 0 Å². The number of nitrogens with one attached hydrogen (secondary N) is 2. The highest BCUT2D eigenvalue weighted by Gasteiger charge is 2.34. The van der Waals surface area contributed by atoms with Crippen LogP contribution in [0.3, 0.4) is 0 Å². The number of nitrogens with zero attached hydrogens (tertiary/aromatic N) is 1. The van der Waals surface area contributed by atoms with Crippen molar-refractivity contribution in [3.8, 4) is 0 Å². The van der Waals surface area contributed by atoms with Gasteiger partial charge < -0.3 is 21.3 Å². The molecule has 3 amide bonds. The van der Waals surface area contributed by atoms with Crippen LogP contribution in [0.4, 0.5) is 10.5 Å². The van der Waals surface area contributed by atoms with Crippen LogP contribution in [0, 0.1) is 0 Å². The number of hydrogen-bond acceptors (Lipinski definition) is 3. The Bertz CT molecular complexity index is 796. The molecule has 1 heterocycles. The van der Waals surface area contributed by atoms with Crippen LogP contribution in [0.15, 0.2) is 54.6 Å². The van der Waals surface area contributed by atoms with Crippen LogP contribution < -0.4 is 16.4 Å². The Morgan fingerprint density at radius 1 is 1.04 bits per heavy atom. The number of carbonyl (C=O) groups excluding carboxylic acids is 2. The quantitative estimate of drug-likeness (QED) is 0.733. The van der Waals surface area contributed by atoms with E-state index in [9.17, 15) is 9.59 Å². The number of carbonyl (C=O) groups is 2. The van der Waals surface area contributed by atoms with Crippen molar-refractivity contribution in [1.82, 2.24) is 10.2 Å². The Balaban J connectivity index is 0.00000280. The van der Waals surface area contributed by atoms with E-state index in [4.69, 9.17) is 5.73 Å². The SMILES string of the molecule is CC(C)NC(=O)Nc1ccc(C(=O)N2C[C@@H](N)[C@H](c3ccccc3)C2)cc1.Cl. The molecule has 1 fully saturated rings. The van der Waals surface area contributed by atoms with E-state index in [1.807, 2.05) is 32.0 Å². The maximum atomic E-state index is 12.8. The summed E-state index contributed by atoms with van der Waals surface area (Å²) in [7, 11) is 0. The van der Waals surface area contributed by atoms with E-state index >= 15 is 0 Å². The van der Waals surface area contributed by atoms with E-state index in [0.717, 1.165) is 5.56 Å². The second kappa shape index (κ2) is 9.57. The summed E-state index contributed by atoms with van der Waals surface area (Å²) >= 11 is 0. The standard InChI is InChI=1S/C21H26N4O2.ClH/c1-14(2)23-21(27)24-17-10-8-16(9-11-17)20(26)25-12-18(19(22)13-25)15-6-4-3-5-7-15;/h3-11,14,18-19H,12-13,22H2,1-2H3,(H2,23,24,27);1H/t18-,19+;/m0./s1. The van der Waals surface area contributed by atoms with Gasteiger partial charge in [-0.1, -0.05) is 30.3 Å². The first-order chi connectivity index (χ1) is 12.9. The summed E-state index contributed by atoms with van der Waals surface area (Å²) in [5.41, 5.74) is 8.68. The van der Waals surface area contributed by atoms with E-state index in [0.29, 0.717) is 24.3 Å². The summed E-state index contributed by atoms with van der Waals surface area (Å²) < 4.78 is 0. The topological polar surface area (TPSA) is 87.5 Å². The fraction of sp³-hybridized carbons (Fsp3) is 0.333. The Kier molecular flexibility index (Phi) is 7.43. The smallest absolute Gasteiger partial charge is 0.319 e. The molecule has 1 saturated heterocycles. The fourth-order valence-electron chi connectivity index (χ4n) is 3.36. The summed E-state index contributed by atoms with van der Waals surface area (Å²) in [6.45, 7) is 4.94. The van der Waals surface area contributed by atoms with Crippen LogP contribution in [-0.2, 0) is 0 Å². The van der Waals surface area contributed by atoms with Crippen molar-refractivity contribution in [3.05, 3.63) is 65.7 Å². The van der Waals surface area contributed by atoms with E-state index in [1.165, 1.54) is 0 Å². The monoisotopic (exact) mass is 402 g/mol. The van der Waals surface area contributed by atoms with Gasteiger partial charge in [-0.25, -0.2) is 4.79 Å². The predicted molar refractivity (Wildman–Crippen MR) is 114 cm³/mol. The van der Waals surface area contributed by atoms with Gasteiger partial charge in [-0.05, 0) is 43.7 Å². The zero-order valence-corrected chi connectivity index (χ0v) is 16.9. The Hall–Kier alpha value is -2.57. The Morgan fingerprint density at radius 2 is 1.68 bits per heavy atom. The molecular weight excluding hydrogens is 376 g/mol. The average Bonchev–Trinajstić information content (AvgIpc) is 3.03. The molecule has 7 heteroatoms. The van der Waals surface area contributed by atoms with Crippen LogP contribution in [0.1, 0.15) is 35.7 Å². The van der Waals surface area contributed by atoms with Crippen LogP contribution in [0.25, 0.3) is 0 Å². The molecule has 28 heavy (non-hydrogen) atoms. The molecule has 3 rings (SSSR count). The summed E-state index contributed by atoms with van der Waals surface area (Å²) in [4.78, 5) is 26.4. The molecule has 6 nitrogen and oxygen atoms in total. The molecule has 2 atom stereocenters. The van der Waals surface area contributed by atoms with E-state index in [1.54, 1.807) is 29.2 Å². The molecule has 2 aromatic rings. The highest BCUT2D eigenvalue weighted by molar-refractivity contribution is 5.96. The van der Waals surface area contributed by atoms with Crippen molar-refractivity contribution in [2.24, 2.45) is 5.73 Å². The van der Waals surface area contributed by atoms with Crippen LogP contribution >= 0.6 is 12.4 Å². The lowest BCUT2D eigenvalue weighted by atomic mass is 9.95. The summed E-state index contributed by atoms with van der Waals surface area (Å²) in [5, 5.41) is 5.51. The lowest BCUT2D eigenvalue weighted by molar-refractivity contribution is 0.0789. The maximum Gasteiger partial charge on any atom is 0.319 e. The summed E-state index contributed by atoms with van der Waals surface area (Å²) in [5.74, 6) is 0.109. The molecule has 0 aliphatic carbocycles. The predicted octanol–water partition coefficient (Wildman–Crippen LogP) is 3.21. The van der Waals surface area contributed by atoms with E-state index in [2.05, 4.69) is 22.8 Å². The third-order valence-corrected chi connectivity index (χ3v) is 4.69. The minimum absolute atomic E-state index is 0. The van der Waals surface area contributed by atoms with Gasteiger partial charge in [0, 0.05) is 42.3 Å². The number of amides is 3. The molecule has 0 radical (unpaired) electrons. The first kappa shape index (κ1) is 21.7. The van der Waals surface area contributed by atoms with Crippen molar-refractivity contribution < 1.29 is 9.59 Å². The second-order valence-corrected chi connectivity index (χ2v) is 7.22. The average molecular weight is 403 g/mol. The molecule has 0 aromatic heterocycles. The molecule has 0 spiro atoms. The second-order valence-electron chi connectivity index (χ2n) is 7.22. The van der Waals surface area contributed by atoms with Crippen molar-refractivity contribution in [2.75, 3.05) is 18.4 Å². The van der Waals surface area contributed by atoms with Gasteiger partial charge in [0.25, 0.3) is 5.91 Å². The molecule has 0 bridgehead atoms. The zero-order valence-electron chi connectivity index (χ0n) is 16.1. The lowest BCUT2D eigenvalue weighted by Gasteiger charge is -2.17. The zero-order chi connectivity index (χ0) is 19.4. The molecule has 1 aliphatic rings. The first-order valence-corrected chi connectivity index (χ1v) is 9.21. The van der Waals surface area contributed by atoms with Gasteiger partial charge in [-0.3, -0.25) is 4.79 Å². The Morgan fingerprint density at radius 3 is 2.29 bits per heavy atom. The number of nitrogens with two attached hydrogens (primary N) is 1. The number of rotatable bonds is 4. The molecule has 4 N–H and O–H groups in total. The largest absolute Gasteiger partial charge is 0.336 e. The number of benzene rings is 2. The summed E-state index contributed by atoms with van der Waals surface area (Å²) in [6.07, 6.45) is 0. The molecular formula is C21H27ClN4O2. The third kappa shape index (κ3) is 5.24. The molecule has 150 valence electrons. The first-order valence-electron chi connectivity index (χ1n) is 9.21. The number of anilines is 1. The molecule has 1 aliphatic heterocycles. The number of urea groups is 1. The Labute approximate surface area is 171 Å².